The van der Waals surface area contributed by atoms with Gasteiger partial charge in [0.15, 0.2) is 0 Å². The smallest absolute Gasteiger partial charge is 0.253 e. The zero-order valence-corrected chi connectivity index (χ0v) is 10.5. The van der Waals surface area contributed by atoms with Gasteiger partial charge in [-0.3, -0.25) is 4.79 Å². The van der Waals surface area contributed by atoms with Gasteiger partial charge in [0.2, 0.25) is 0 Å². The van der Waals surface area contributed by atoms with E-state index >= 15 is 0 Å². The first-order valence-corrected chi connectivity index (χ1v) is 6.41. The molecule has 0 unspecified atom stereocenters. The third-order valence-electron chi connectivity index (χ3n) is 2.96. The van der Waals surface area contributed by atoms with Gasteiger partial charge in [-0.15, -0.1) is 0 Å². The highest BCUT2D eigenvalue weighted by Gasteiger charge is 1.97. The molecule has 16 heavy (non-hydrogen) atoms. The minimum absolute atomic E-state index is 0.163. The molecular formula is C14H23NO. The molecule has 0 amide bonds. The highest BCUT2D eigenvalue weighted by Crippen LogP contribution is 2.05. The summed E-state index contributed by atoms with van der Waals surface area (Å²) in [5, 5.41) is 0. The van der Waals surface area contributed by atoms with Crippen molar-refractivity contribution in [3.05, 3.63) is 34.2 Å². The van der Waals surface area contributed by atoms with Crippen LogP contribution in [-0.2, 0) is 6.54 Å². The van der Waals surface area contributed by atoms with Crippen molar-refractivity contribution in [3.63, 3.8) is 0 Å². The maximum Gasteiger partial charge on any atom is 0.253 e. The van der Waals surface area contributed by atoms with E-state index in [0.29, 0.717) is 0 Å². The average molecular weight is 221 g/mol. The second-order valence-corrected chi connectivity index (χ2v) is 4.46. The molecule has 0 spiro atoms. The molecule has 1 heterocycles. The van der Waals surface area contributed by atoms with Crippen LogP contribution in [0, 0.1) is 6.92 Å². The van der Waals surface area contributed by atoms with Crippen LogP contribution in [0.5, 0.6) is 0 Å². The van der Waals surface area contributed by atoms with E-state index in [4.69, 9.17) is 0 Å². The predicted molar refractivity (Wildman–Crippen MR) is 68.8 cm³/mol. The molecule has 1 rings (SSSR count). The van der Waals surface area contributed by atoms with Gasteiger partial charge in [0.25, 0.3) is 5.56 Å². The van der Waals surface area contributed by atoms with Crippen LogP contribution in [0.3, 0.4) is 0 Å². The minimum Gasteiger partial charge on any atom is -0.315 e. The van der Waals surface area contributed by atoms with Crippen molar-refractivity contribution >= 4 is 0 Å². The molecule has 0 aliphatic rings. The second-order valence-electron chi connectivity index (χ2n) is 4.46. The van der Waals surface area contributed by atoms with Gasteiger partial charge in [0, 0.05) is 18.3 Å². The first-order chi connectivity index (χ1) is 7.75. The molecule has 0 radical (unpaired) electrons. The highest BCUT2D eigenvalue weighted by atomic mass is 16.1. The molecule has 1 aromatic rings. The van der Waals surface area contributed by atoms with Gasteiger partial charge < -0.3 is 4.57 Å². The SMILES string of the molecule is CCCCCCCCn1cccc(C)c1=O. The Bertz CT molecular complexity index is 354. The van der Waals surface area contributed by atoms with Crippen molar-refractivity contribution < 1.29 is 0 Å². The highest BCUT2D eigenvalue weighted by molar-refractivity contribution is 5.07. The molecule has 0 aliphatic carbocycles. The van der Waals surface area contributed by atoms with Crippen LogP contribution < -0.4 is 5.56 Å². The quantitative estimate of drug-likeness (QED) is 0.646. The third kappa shape index (κ3) is 4.21. The largest absolute Gasteiger partial charge is 0.315 e. The van der Waals surface area contributed by atoms with Crippen molar-refractivity contribution in [1.82, 2.24) is 4.57 Å². The van der Waals surface area contributed by atoms with Gasteiger partial charge in [-0.1, -0.05) is 45.1 Å². The zero-order valence-electron chi connectivity index (χ0n) is 10.5. The third-order valence-corrected chi connectivity index (χ3v) is 2.96. The van der Waals surface area contributed by atoms with Crippen LogP contribution in [-0.4, -0.2) is 4.57 Å². The van der Waals surface area contributed by atoms with Crippen molar-refractivity contribution in [2.75, 3.05) is 0 Å². The lowest BCUT2D eigenvalue weighted by Crippen LogP contribution is -2.21. The molecule has 0 saturated carbocycles. The summed E-state index contributed by atoms with van der Waals surface area (Å²) in [5.41, 5.74) is 1.00. The average Bonchev–Trinajstić information content (AvgIpc) is 2.29. The van der Waals surface area contributed by atoms with Crippen LogP contribution in [0.1, 0.15) is 51.0 Å². The molecule has 2 heteroatoms. The number of aromatic nitrogens is 1. The number of unbranched alkanes of at least 4 members (excludes halogenated alkanes) is 5. The molecule has 0 saturated heterocycles. The molecule has 0 aliphatic heterocycles. The molecule has 1 aromatic heterocycles. The van der Waals surface area contributed by atoms with Crippen molar-refractivity contribution in [1.29, 1.82) is 0 Å². The van der Waals surface area contributed by atoms with Crippen LogP contribution in [0.15, 0.2) is 23.1 Å². The van der Waals surface area contributed by atoms with Gasteiger partial charge in [0.1, 0.15) is 0 Å². The van der Waals surface area contributed by atoms with Crippen LogP contribution >= 0.6 is 0 Å². The van der Waals surface area contributed by atoms with E-state index in [1.54, 1.807) is 0 Å². The van der Waals surface area contributed by atoms with Gasteiger partial charge in [-0.05, 0) is 19.4 Å². The Hall–Kier alpha value is -1.05. The summed E-state index contributed by atoms with van der Waals surface area (Å²) in [6, 6.07) is 3.83. The van der Waals surface area contributed by atoms with E-state index in [-0.39, 0.29) is 5.56 Å². The van der Waals surface area contributed by atoms with Crippen molar-refractivity contribution in [2.45, 2.75) is 58.9 Å². The molecule has 2 nitrogen and oxygen atoms in total. The second kappa shape index (κ2) is 7.26. The Kier molecular flexibility index (Phi) is 5.91. The lowest BCUT2D eigenvalue weighted by molar-refractivity contribution is 0.548. The monoisotopic (exact) mass is 221 g/mol. The van der Waals surface area contributed by atoms with Crippen molar-refractivity contribution in [3.8, 4) is 0 Å². The fraction of sp³-hybridized carbons (Fsp3) is 0.643. The number of hydrogen-bond acceptors (Lipinski definition) is 1. The number of aryl methyl sites for hydroxylation is 2. The fourth-order valence-corrected chi connectivity index (χ4v) is 1.90. The topological polar surface area (TPSA) is 22.0 Å². The van der Waals surface area contributed by atoms with Crippen LogP contribution in [0.25, 0.3) is 0 Å². The predicted octanol–water partition coefficient (Wildman–Crippen LogP) is 3.52. The maximum atomic E-state index is 11.7. The summed E-state index contributed by atoms with van der Waals surface area (Å²) < 4.78 is 1.83. The van der Waals surface area contributed by atoms with E-state index in [9.17, 15) is 4.79 Å². The zero-order chi connectivity index (χ0) is 11.8. The molecule has 0 atom stereocenters. The maximum absolute atomic E-state index is 11.7. The molecule has 0 fully saturated rings. The van der Waals surface area contributed by atoms with Gasteiger partial charge in [0.05, 0.1) is 0 Å². The number of rotatable bonds is 7. The number of hydrogen-bond donors (Lipinski definition) is 0. The summed E-state index contributed by atoms with van der Waals surface area (Å²) in [5.74, 6) is 0. The van der Waals surface area contributed by atoms with E-state index in [1.807, 2.05) is 29.8 Å². The first-order valence-electron chi connectivity index (χ1n) is 6.41. The van der Waals surface area contributed by atoms with Crippen molar-refractivity contribution in [2.24, 2.45) is 0 Å². The number of nitrogens with zero attached hydrogens (tertiary/aromatic N) is 1. The summed E-state index contributed by atoms with van der Waals surface area (Å²) in [4.78, 5) is 11.7. The summed E-state index contributed by atoms with van der Waals surface area (Å²) in [6.07, 6.45) is 9.50. The Labute approximate surface area is 98.3 Å². The summed E-state index contributed by atoms with van der Waals surface area (Å²) in [7, 11) is 0. The Morgan fingerprint density at radius 2 is 1.81 bits per heavy atom. The van der Waals surface area contributed by atoms with Gasteiger partial charge in [-0.25, -0.2) is 0 Å². The molecular weight excluding hydrogens is 198 g/mol. The van der Waals surface area contributed by atoms with E-state index in [2.05, 4.69) is 6.92 Å². The Balaban J connectivity index is 2.27. The van der Waals surface area contributed by atoms with Crippen LogP contribution in [0.2, 0.25) is 0 Å². The lowest BCUT2D eigenvalue weighted by atomic mass is 10.1. The first kappa shape index (κ1) is 13.0. The summed E-state index contributed by atoms with van der Waals surface area (Å²) >= 11 is 0. The normalized spacial score (nSPS) is 10.6. The standard InChI is InChI=1S/C14H23NO/c1-3-4-5-6-7-8-11-15-12-9-10-13(2)14(15)16/h9-10,12H,3-8,11H2,1-2H3. The Morgan fingerprint density at radius 3 is 2.56 bits per heavy atom. The molecule has 90 valence electrons. The molecule has 0 bridgehead atoms. The van der Waals surface area contributed by atoms with E-state index in [1.165, 1.54) is 32.1 Å². The summed E-state index contributed by atoms with van der Waals surface area (Å²) in [6.45, 7) is 4.97. The Morgan fingerprint density at radius 1 is 1.12 bits per heavy atom. The fourth-order valence-electron chi connectivity index (χ4n) is 1.90. The van der Waals surface area contributed by atoms with Crippen LogP contribution in [0.4, 0.5) is 0 Å². The lowest BCUT2D eigenvalue weighted by Gasteiger charge is -2.06. The molecule has 0 N–H and O–H groups in total. The van der Waals surface area contributed by atoms with Gasteiger partial charge in [-0.2, -0.15) is 0 Å². The number of pyridine rings is 1. The van der Waals surface area contributed by atoms with E-state index in [0.717, 1.165) is 18.5 Å². The van der Waals surface area contributed by atoms with Gasteiger partial charge >= 0.3 is 0 Å². The molecule has 0 aromatic carbocycles. The van der Waals surface area contributed by atoms with E-state index < -0.39 is 0 Å². The minimum atomic E-state index is 0.163.